The molecule has 0 bridgehead atoms. The highest BCUT2D eigenvalue weighted by Crippen LogP contribution is 2.48. The summed E-state index contributed by atoms with van der Waals surface area (Å²) in [5.41, 5.74) is 5.84. The predicted octanol–water partition coefficient (Wildman–Crippen LogP) is 4.77. The number of rotatable bonds is 9. The van der Waals surface area contributed by atoms with Crippen molar-refractivity contribution in [3.8, 4) is 0 Å². The zero-order chi connectivity index (χ0) is 29.4. The van der Waals surface area contributed by atoms with Gasteiger partial charge in [-0.15, -0.1) is 0 Å². The highest BCUT2D eigenvalue weighted by atomic mass is 16.7. The van der Waals surface area contributed by atoms with Gasteiger partial charge >= 0.3 is 26.5 Å². The molecule has 1 saturated heterocycles. The van der Waals surface area contributed by atoms with Gasteiger partial charge in [-0.2, -0.15) is 19.2 Å². The predicted molar refractivity (Wildman–Crippen MR) is 152 cm³/mol. The van der Waals surface area contributed by atoms with E-state index in [1.54, 1.807) is 0 Å². The maximum atomic E-state index is 8.67. The molecule has 4 N–H and O–H groups in total. The number of hydrogen-bond donors (Lipinski definition) is 3. The third-order valence-corrected chi connectivity index (χ3v) is 9.23. The van der Waals surface area contributed by atoms with Gasteiger partial charge in [0, 0.05) is 0 Å². The second-order valence-electron chi connectivity index (χ2n) is 12.1. The van der Waals surface area contributed by atoms with Crippen molar-refractivity contribution < 1.29 is 38.5 Å². The molecule has 3 fully saturated rings. The molecule has 3 rings (SSSR count). The molecule has 0 amide bonds. The Morgan fingerprint density at radius 2 is 1.36 bits per heavy atom. The molecule has 0 aromatic heterocycles. The summed E-state index contributed by atoms with van der Waals surface area (Å²) in [4.78, 5) is 32.5. The lowest BCUT2D eigenvalue weighted by Crippen LogP contribution is -2.41. The van der Waals surface area contributed by atoms with E-state index in [4.69, 9.17) is 44.3 Å². The van der Waals surface area contributed by atoms with Crippen molar-refractivity contribution in [1.82, 2.24) is 0 Å². The van der Waals surface area contributed by atoms with Crippen molar-refractivity contribution >= 4 is 26.5 Å². The number of carbonyl (C=O) groups excluding carboxylic acids is 4. The topological polar surface area (TPSA) is 153 Å². The molecule has 3 aliphatic rings. The van der Waals surface area contributed by atoms with E-state index in [-0.39, 0.29) is 38.1 Å². The first kappa shape index (κ1) is 39.8. The first-order valence-corrected chi connectivity index (χ1v) is 14.2. The van der Waals surface area contributed by atoms with Gasteiger partial charge in [0.15, 0.2) is 0 Å². The third-order valence-electron chi connectivity index (χ3n) is 9.23. The Labute approximate surface area is 237 Å². The fourth-order valence-electron chi connectivity index (χ4n) is 5.96. The SMILES string of the molecule is C.CCC1(CC)CCC(CCB2OC(C)(C)C(C)(C)O2)C1.NCC1CCC(CCB(O)O)C1.O=C=O.O=C=O. The van der Waals surface area contributed by atoms with Gasteiger partial charge in [0.25, 0.3) is 0 Å². The molecule has 1 aliphatic heterocycles. The lowest BCUT2D eigenvalue weighted by molar-refractivity contribution is -0.193. The van der Waals surface area contributed by atoms with Gasteiger partial charge in [-0.3, -0.25) is 0 Å². The van der Waals surface area contributed by atoms with Crippen LogP contribution >= 0.6 is 0 Å². The van der Waals surface area contributed by atoms with E-state index in [0.717, 1.165) is 25.2 Å². The Hall–Kier alpha value is -1.31. The summed E-state index contributed by atoms with van der Waals surface area (Å²) in [6.45, 7) is 14.1. The fourth-order valence-corrected chi connectivity index (χ4v) is 5.96. The Morgan fingerprint density at radius 1 is 0.872 bits per heavy atom. The Balaban J connectivity index is 0. The summed E-state index contributed by atoms with van der Waals surface area (Å²) in [6.07, 6.45) is 14.8. The van der Waals surface area contributed by atoms with Crippen LogP contribution in [0.25, 0.3) is 0 Å². The molecule has 226 valence electrons. The molecule has 2 aliphatic carbocycles. The van der Waals surface area contributed by atoms with Crippen LogP contribution < -0.4 is 5.73 Å². The summed E-state index contributed by atoms with van der Waals surface area (Å²) >= 11 is 0. The zero-order valence-corrected chi connectivity index (χ0v) is 24.5. The average Bonchev–Trinajstić information content (AvgIpc) is 3.54. The normalized spacial score (nSPS) is 25.3. The molecule has 0 aromatic rings. The standard InChI is InChI=1S/C17H33BO2.C8H18BNO2.2CO2.CH4/c1-7-17(8-2)11-9-14(13-17)10-12-18-19-15(3,4)16(5,6)20-18;10-6-8-2-1-7(5-8)3-4-9(11)12;2*2-1-3;/h14H,7-13H2,1-6H3;7-8,11-12H,1-6,10H2;;;1H4. The van der Waals surface area contributed by atoms with Crippen molar-refractivity contribution in [3.63, 3.8) is 0 Å². The molecule has 39 heavy (non-hydrogen) atoms. The van der Waals surface area contributed by atoms with Crippen LogP contribution in [0.3, 0.4) is 0 Å². The molecule has 3 atom stereocenters. The molecule has 0 spiro atoms. The van der Waals surface area contributed by atoms with Crippen LogP contribution in [0.2, 0.25) is 12.6 Å². The first-order valence-electron chi connectivity index (χ1n) is 14.2. The second kappa shape index (κ2) is 19.7. The Bertz CT molecular complexity index is 690. The van der Waals surface area contributed by atoms with Crippen LogP contribution in [0.5, 0.6) is 0 Å². The highest BCUT2D eigenvalue weighted by molar-refractivity contribution is 6.45. The minimum Gasteiger partial charge on any atom is -0.427 e. The summed E-state index contributed by atoms with van der Waals surface area (Å²) in [6, 6.07) is 0. The molecule has 0 aromatic carbocycles. The van der Waals surface area contributed by atoms with E-state index in [9.17, 15) is 0 Å². The minimum absolute atomic E-state index is 0. The van der Waals surface area contributed by atoms with E-state index in [0.29, 0.717) is 23.6 Å². The van der Waals surface area contributed by atoms with Crippen molar-refractivity contribution in [1.29, 1.82) is 0 Å². The highest BCUT2D eigenvalue weighted by Gasteiger charge is 2.51. The molecule has 11 heteroatoms. The van der Waals surface area contributed by atoms with Crippen molar-refractivity contribution in [2.24, 2.45) is 28.9 Å². The van der Waals surface area contributed by atoms with Gasteiger partial charge in [-0.25, -0.2) is 0 Å². The molecular weight excluding hydrogens is 500 g/mol. The number of hydrogen-bond acceptors (Lipinski definition) is 9. The van der Waals surface area contributed by atoms with E-state index < -0.39 is 7.12 Å². The number of nitrogens with two attached hydrogens (primary N) is 1. The van der Waals surface area contributed by atoms with Gasteiger partial charge in [-0.05, 0) is 102 Å². The van der Waals surface area contributed by atoms with Gasteiger partial charge in [0.1, 0.15) is 0 Å². The summed E-state index contributed by atoms with van der Waals surface area (Å²) in [5, 5.41) is 17.3. The average molecular weight is 555 g/mol. The second-order valence-corrected chi connectivity index (χ2v) is 12.1. The zero-order valence-electron chi connectivity index (χ0n) is 24.5. The maximum absolute atomic E-state index is 8.67. The van der Waals surface area contributed by atoms with E-state index in [2.05, 4.69) is 41.5 Å². The minimum atomic E-state index is -1.12. The van der Waals surface area contributed by atoms with Crippen molar-refractivity contribution in [3.05, 3.63) is 0 Å². The van der Waals surface area contributed by atoms with Crippen molar-refractivity contribution in [2.75, 3.05) is 6.54 Å². The summed E-state index contributed by atoms with van der Waals surface area (Å²) in [5.74, 6) is 2.25. The summed E-state index contributed by atoms with van der Waals surface area (Å²) < 4.78 is 12.2. The molecule has 9 nitrogen and oxygen atoms in total. The van der Waals surface area contributed by atoms with Gasteiger partial charge < -0.3 is 25.1 Å². The van der Waals surface area contributed by atoms with Gasteiger partial charge in [-0.1, -0.05) is 53.4 Å². The quantitative estimate of drug-likeness (QED) is 0.342. The molecule has 2 saturated carbocycles. The fraction of sp³-hybridized carbons (Fsp3) is 0.929. The first-order chi connectivity index (χ1) is 17.8. The lowest BCUT2D eigenvalue weighted by Gasteiger charge is -2.32. The van der Waals surface area contributed by atoms with Crippen LogP contribution in [-0.2, 0) is 28.5 Å². The molecular formula is C28H55B2NO8. The Kier molecular flexibility index (Phi) is 20.1. The van der Waals surface area contributed by atoms with Crippen LogP contribution in [-0.4, -0.2) is 54.3 Å². The van der Waals surface area contributed by atoms with Crippen LogP contribution in [0, 0.1) is 23.2 Å². The van der Waals surface area contributed by atoms with Crippen molar-refractivity contribution in [2.45, 2.75) is 137 Å². The molecule has 1 heterocycles. The monoisotopic (exact) mass is 555 g/mol. The van der Waals surface area contributed by atoms with E-state index in [1.165, 1.54) is 57.8 Å². The van der Waals surface area contributed by atoms with Crippen LogP contribution in [0.1, 0.15) is 113 Å². The Morgan fingerprint density at radius 3 is 1.74 bits per heavy atom. The smallest absolute Gasteiger partial charge is 0.427 e. The van der Waals surface area contributed by atoms with Gasteiger partial charge in [0.2, 0.25) is 0 Å². The van der Waals surface area contributed by atoms with E-state index in [1.807, 2.05) is 0 Å². The molecule has 3 unspecified atom stereocenters. The van der Waals surface area contributed by atoms with Gasteiger partial charge in [0.05, 0.1) is 11.2 Å². The van der Waals surface area contributed by atoms with Crippen LogP contribution in [0.15, 0.2) is 0 Å². The maximum Gasteiger partial charge on any atom is 0.457 e. The van der Waals surface area contributed by atoms with Crippen LogP contribution in [0.4, 0.5) is 0 Å². The summed E-state index contributed by atoms with van der Waals surface area (Å²) in [7, 11) is -1.12. The third kappa shape index (κ3) is 14.2. The molecule has 0 radical (unpaired) electrons. The lowest BCUT2D eigenvalue weighted by atomic mass is 9.76. The van der Waals surface area contributed by atoms with E-state index >= 15 is 0 Å². The largest absolute Gasteiger partial charge is 0.457 e.